The Morgan fingerprint density at radius 2 is 1.84 bits per heavy atom. The van der Waals surface area contributed by atoms with Crippen LogP contribution in [0.2, 0.25) is 0 Å². The van der Waals surface area contributed by atoms with Crippen molar-refractivity contribution in [2.45, 2.75) is 65.7 Å². The number of carbonyl (C=O) groups excluding carboxylic acids is 2. The number of esters is 1. The second-order valence-corrected chi connectivity index (χ2v) is 8.70. The molecule has 1 amide bonds. The van der Waals surface area contributed by atoms with Gasteiger partial charge in [-0.3, -0.25) is 4.68 Å². The molecule has 0 N–H and O–H groups in total. The summed E-state index contributed by atoms with van der Waals surface area (Å²) in [6, 6.07) is 5.56. The van der Waals surface area contributed by atoms with Crippen molar-refractivity contribution in [1.29, 1.82) is 0 Å². The van der Waals surface area contributed by atoms with Crippen LogP contribution in [-0.4, -0.2) is 45.5 Å². The lowest BCUT2D eigenvalue weighted by Crippen LogP contribution is -2.40. The van der Waals surface area contributed by atoms with Gasteiger partial charge in [-0.1, -0.05) is 24.3 Å². The molecule has 0 spiro atoms. The van der Waals surface area contributed by atoms with Crippen LogP contribution in [0.1, 0.15) is 80.0 Å². The van der Waals surface area contributed by atoms with Gasteiger partial charge >= 0.3 is 12.1 Å². The maximum absolute atomic E-state index is 13.6. The highest BCUT2D eigenvalue weighted by molar-refractivity contribution is 5.90. The van der Waals surface area contributed by atoms with Gasteiger partial charge in [0.2, 0.25) is 0 Å². The SMILES string of the molecule is CCOC(=O)c1c2c(nn1C(C)c1ccccc1C(F)F)CCN(C(=O)OC(C)(C)C)C2. The molecule has 0 saturated carbocycles. The van der Waals surface area contributed by atoms with E-state index in [9.17, 15) is 18.4 Å². The van der Waals surface area contributed by atoms with Crippen molar-refractivity contribution < 1.29 is 27.8 Å². The number of hydrogen-bond donors (Lipinski definition) is 0. The summed E-state index contributed by atoms with van der Waals surface area (Å²) in [5.41, 5.74) is 0.984. The van der Waals surface area contributed by atoms with E-state index < -0.39 is 30.1 Å². The molecule has 1 aromatic carbocycles. The van der Waals surface area contributed by atoms with E-state index in [1.165, 1.54) is 15.6 Å². The average Bonchev–Trinajstić information content (AvgIpc) is 3.10. The van der Waals surface area contributed by atoms with Crippen LogP contribution < -0.4 is 0 Å². The number of rotatable bonds is 5. The number of halogens is 2. The van der Waals surface area contributed by atoms with Gasteiger partial charge in [-0.15, -0.1) is 0 Å². The van der Waals surface area contributed by atoms with Crippen LogP contribution in [0, 0.1) is 0 Å². The second kappa shape index (κ2) is 9.26. The Labute approximate surface area is 186 Å². The van der Waals surface area contributed by atoms with Crippen molar-refractivity contribution >= 4 is 12.1 Å². The molecule has 1 aliphatic heterocycles. The maximum atomic E-state index is 13.6. The van der Waals surface area contributed by atoms with Crippen molar-refractivity contribution in [3.63, 3.8) is 0 Å². The quantitative estimate of drug-likeness (QED) is 0.607. The van der Waals surface area contributed by atoms with E-state index in [1.807, 2.05) is 0 Å². The molecule has 0 bridgehead atoms. The van der Waals surface area contributed by atoms with E-state index >= 15 is 0 Å². The van der Waals surface area contributed by atoms with E-state index in [-0.39, 0.29) is 24.4 Å². The molecule has 1 unspecified atom stereocenters. The lowest BCUT2D eigenvalue weighted by Gasteiger charge is -2.29. The second-order valence-electron chi connectivity index (χ2n) is 8.70. The van der Waals surface area contributed by atoms with Crippen molar-refractivity contribution in [1.82, 2.24) is 14.7 Å². The fourth-order valence-corrected chi connectivity index (χ4v) is 3.79. The molecule has 174 valence electrons. The summed E-state index contributed by atoms with van der Waals surface area (Å²) in [7, 11) is 0. The number of amides is 1. The van der Waals surface area contributed by atoms with E-state index in [4.69, 9.17) is 9.47 Å². The Morgan fingerprint density at radius 1 is 1.19 bits per heavy atom. The third kappa shape index (κ3) is 4.92. The van der Waals surface area contributed by atoms with Crippen LogP contribution in [0.3, 0.4) is 0 Å². The molecule has 2 heterocycles. The zero-order valence-corrected chi connectivity index (χ0v) is 19.0. The minimum absolute atomic E-state index is 0.112. The van der Waals surface area contributed by atoms with Gasteiger partial charge in [-0.2, -0.15) is 5.10 Å². The Hall–Kier alpha value is -2.97. The predicted molar refractivity (Wildman–Crippen MR) is 114 cm³/mol. The topological polar surface area (TPSA) is 73.7 Å². The number of alkyl halides is 2. The first-order valence-electron chi connectivity index (χ1n) is 10.7. The monoisotopic (exact) mass is 449 g/mol. The van der Waals surface area contributed by atoms with Crippen molar-refractivity contribution in [2.75, 3.05) is 13.2 Å². The van der Waals surface area contributed by atoms with E-state index in [1.54, 1.807) is 52.8 Å². The summed E-state index contributed by atoms with van der Waals surface area (Å²) in [6.07, 6.45) is -2.73. The first-order valence-corrected chi connectivity index (χ1v) is 10.7. The van der Waals surface area contributed by atoms with E-state index in [0.717, 1.165) is 0 Å². The highest BCUT2D eigenvalue weighted by atomic mass is 19.3. The van der Waals surface area contributed by atoms with E-state index in [0.29, 0.717) is 29.8 Å². The van der Waals surface area contributed by atoms with Gasteiger partial charge in [0.25, 0.3) is 6.43 Å². The Balaban J connectivity index is 2.03. The molecule has 32 heavy (non-hydrogen) atoms. The fourth-order valence-electron chi connectivity index (χ4n) is 3.79. The van der Waals surface area contributed by atoms with Crippen LogP contribution in [0.5, 0.6) is 0 Å². The van der Waals surface area contributed by atoms with Gasteiger partial charge in [0.05, 0.1) is 24.9 Å². The highest BCUT2D eigenvalue weighted by Crippen LogP contribution is 2.33. The molecule has 1 atom stereocenters. The molecule has 1 aromatic heterocycles. The normalized spacial score (nSPS) is 14.8. The standard InChI is InChI=1S/C23H29F2N3O4/c1-6-31-21(29)19-17-13-27(22(30)32-23(3,4)5)12-11-18(17)26-28(19)14(2)15-9-7-8-10-16(15)20(24)25/h7-10,14,20H,6,11-13H2,1-5H3. The molecule has 0 radical (unpaired) electrons. The first kappa shape index (κ1) is 23.7. The van der Waals surface area contributed by atoms with Gasteiger partial charge in [0.1, 0.15) is 5.60 Å². The fraction of sp³-hybridized carbons (Fsp3) is 0.522. The molecule has 9 heteroatoms. The van der Waals surface area contributed by atoms with Crippen LogP contribution in [0.15, 0.2) is 24.3 Å². The summed E-state index contributed by atoms with van der Waals surface area (Å²) >= 11 is 0. The van der Waals surface area contributed by atoms with Gasteiger partial charge in [-0.05, 0) is 40.2 Å². The first-order chi connectivity index (χ1) is 15.0. The summed E-state index contributed by atoms with van der Waals surface area (Å²) < 4.78 is 39.4. The zero-order valence-electron chi connectivity index (χ0n) is 19.0. The number of hydrogen-bond acceptors (Lipinski definition) is 5. The smallest absolute Gasteiger partial charge is 0.410 e. The Bertz CT molecular complexity index is 998. The van der Waals surface area contributed by atoms with Crippen LogP contribution in [0.4, 0.5) is 13.6 Å². The van der Waals surface area contributed by atoms with Gasteiger partial charge < -0.3 is 14.4 Å². The number of benzene rings is 1. The third-order valence-corrected chi connectivity index (χ3v) is 5.23. The van der Waals surface area contributed by atoms with Crippen LogP contribution in [-0.2, 0) is 22.4 Å². The summed E-state index contributed by atoms with van der Waals surface area (Å²) in [6.45, 7) is 9.41. The molecule has 1 aliphatic rings. The van der Waals surface area contributed by atoms with E-state index in [2.05, 4.69) is 5.10 Å². The third-order valence-electron chi connectivity index (χ3n) is 5.23. The number of carbonyl (C=O) groups is 2. The summed E-state index contributed by atoms with van der Waals surface area (Å²) in [5.74, 6) is -0.603. The van der Waals surface area contributed by atoms with Crippen LogP contribution >= 0.6 is 0 Å². The zero-order chi connectivity index (χ0) is 23.6. The van der Waals surface area contributed by atoms with Gasteiger partial charge in [-0.25, -0.2) is 18.4 Å². The largest absolute Gasteiger partial charge is 0.461 e. The molecular formula is C23H29F2N3O4. The van der Waals surface area contributed by atoms with Gasteiger partial charge in [0.15, 0.2) is 5.69 Å². The van der Waals surface area contributed by atoms with Crippen molar-refractivity contribution in [2.24, 2.45) is 0 Å². The maximum Gasteiger partial charge on any atom is 0.410 e. The number of aromatic nitrogens is 2. The minimum atomic E-state index is -2.66. The molecule has 0 aliphatic carbocycles. The van der Waals surface area contributed by atoms with Crippen molar-refractivity contribution in [3.05, 3.63) is 52.3 Å². The number of fused-ring (bicyclic) bond motifs is 1. The lowest BCUT2D eigenvalue weighted by molar-refractivity contribution is 0.0219. The molecular weight excluding hydrogens is 420 g/mol. The lowest BCUT2D eigenvalue weighted by atomic mass is 10.0. The highest BCUT2D eigenvalue weighted by Gasteiger charge is 2.34. The molecule has 2 aromatic rings. The van der Waals surface area contributed by atoms with Gasteiger partial charge in [0, 0.05) is 24.1 Å². The molecule has 0 saturated heterocycles. The Morgan fingerprint density at radius 3 is 2.44 bits per heavy atom. The molecule has 7 nitrogen and oxygen atoms in total. The molecule has 3 rings (SSSR count). The number of nitrogens with zero attached hydrogens (tertiary/aromatic N) is 3. The minimum Gasteiger partial charge on any atom is -0.461 e. The predicted octanol–water partition coefficient (Wildman–Crippen LogP) is 4.90. The Kier molecular flexibility index (Phi) is 6.85. The average molecular weight is 449 g/mol. The summed E-state index contributed by atoms with van der Waals surface area (Å²) in [5, 5.41) is 4.59. The summed E-state index contributed by atoms with van der Waals surface area (Å²) in [4.78, 5) is 27.0. The molecule has 0 fully saturated rings. The van der Waals surface area contributed by atoms with Crippen molar-refractivity contribution in [3.8, 4) is 0 Å². The van der Waals surface area contributed by atoms with Crippen LogP contribution in [0.25, 0.3) is 0 Å². The number of ether oxygens (including phenoxy) is 2.